The van der Waals surface area contributed by atoms with Crippen molar-refractivity contribution in [3.05, 3.63) is 100 Å². The van der Waals surface area contributed by atoms with Crippen molar-refractivity contribution in [1.82, 2.24) is 9.80 Å². The number of anilines is 1. The number of piperidine rings is 1. The minimum absolute atomic E-state index is 0.0245. The first kappa shape index (κ1) is 33.6. The third-order valence-corrected chi connectivity index (χ3v) is 9.76. The lowest BCUT2D eigenvalue weighted by Crippen LogP contribution is -2.52. The molecule has 0 aliphatic carbocycles. The van der Waals surface area contributed by atoms with Crippen LogP contribution in [0.2, 0.25) is 0 Å². The van der Waals surface area contributed by atoms with E-state index in [9.17, 15) is 22.8 Å². The number of nitrogens with one attached hydrogen (secondary N) is 1. The van der Waals surface area contributed by atoms with Gasteiger partial charge in [-0.15, -0.1) is 0 Å². The zero-order valence-electron chi connectivity index (χ0n) is 27.2. The van der Waals surface area contributed by atoms with Crippen molar-refractivity contribution in [2.24, 2.45) is 5.92 Å². The van der Waals surface area contributed by atoms with E-state index in [0.717, 1.165) is 5.56 Å². The molecule has 5 rings (SSSR count). The molecule has 2 fully saturated rings. The van der Waals surface area contributed by atoms with Crippen molar-refractivity contribution in [3.8, 4) is 0 Å². The Morgan fingerprint density at radius 2 is 1.65 bits per heavy atom. The zero-order valence-corrected chi connectivity index (χ0v) is 27.2. The second-order valence-electron chi connectivity index (χ2n) is 14.0. The first-order valence-electron chi connectivity index (χ1n) is 16.0. The largest absolute Gasteiger partial charge is 0.406 e. The molecule has 3 unspecified atom stereocenters. The third kappa shape index (κ3) is 6.70. The Bertz CT molecular complexity index is 1560. The van der Waals surface area contributed by atoms with Gasteiger partial charge in [-0.05, 0) is 91.9 Å². The van der Waals surface area contributed by atoms with Crippen LogP contribution in [0, 0.1) is 18.7 Å². The molecule has 0 radical (unpaired) electrons. The van der Waals surface area contributed by atoms with Crippen LogP contribution in [-0.2, 0) is 16.8 Å². The van der Waals surface area contributed by atoms with Gasteiger partial charge in [-0.3, -0.25) is 14.5 Å². The van der Waals surface area contributed by atoms with Crippen molar-refractivity contribution in [1.29, 1.82) is 0 Å². The predicted molar refractivity (Wildman–Crippen MR) is 172 cm³/mol. The molecule has 0 bridgehead atoms. The monoisotopic (exact) mass is 637 g/mol. The number of carbonyl (C=O) groups is 2. The van der Waals surface area contributed by atoms with Crippen LogP contribution in [0.4, 0.5) is 23.2 Å². The number of halogens is 4. The number of alkyl halides is 3. The highest BCUT2D eigenvalue weighted by Crippen LogP contribution is 2.44. The molecule has 46 heavy (non-hydrogen) atoms. The molecule has 9 heteroatoms. The van der Waals surface area contributed by atoms with Crippen molar-refractivity contribution in [3.63, 3.8) is 0 Å². The van der Waals surface area contributed by atoms with Crippen LogP contribution in [0.1, 0.15) is 92.0 Å². The van der Waals surface area contributed by atoms with Gasteiger partial charge in [0, 0.05) is 18.8 Å². The van der Waals surface area contributed by atoms with Crippen molar-refractivity contribution in [2.75, 3.05) is 18.4 Å². The highest BCUT2D eigenvalue weighted by Gasteiger charge is 2.56. The Kier molecular flexibility index (Phi) is 9.37. The van der Waals surface area contributed by atoms with Gasteiger partial charge in [-0.2, -0.15) is 13.2 Å². The zero-order chi connectivity index (χ0) is 33.4. The lowest BCUT2D eigenvalue weighted by molar-refractivity contribution is -0.218. The SMILES string of the molecule is Cc1cccc(F)c1C(=O)N1CCCC(C(=O)Nc2cccc(C(C)(C)C)c2)C1c1ccc(CN2CCCC2(C)C(F)(F)F)cc1. The third-order valence-electron chi connectivity index (χ3n) is 9.76. The van der Waals surface area contributed by atoms with Crippen LogP contribution in [0.25, 0.3) is 0 Å². The maximum atomic E-state index is 15.0. The van der Waals surface area contributed by atoms with E-state index < -0.39 is 35.4 Å². The van der Waals surface area contributed by atoms with Gasteiger partial charge in [0.1, 0.15) is 11.4 Å². The van der Waals surface area contributed by atoms with Crippen molar-refractivity contribution < 1.29 is 27.2 Å². The summed E-state index contributed by atoms with van der Waals surface area (Å²) < 4.78 is 56.8. The summed E-state index contributed by atoms with van der Waals surface area (Å²) in [6.45, 7) is 10.0. The molecule has 2 aliphatic heterocycles. The summed E-state index contributed by atoms with van der Waals surface area (Å²) in [6, 6.07) is 18.6. The molecule has 2 amide bonds. The predicted octanol–water partition coefficient (Wildman–Crippen LogP) is 8.58. The van der Waals surface area contributed by atoms with Gasteiger partial charge >= 0.3 is 6.18 Å². The van der Waals surface area contributed by atoms with Crippen molar-refractivity contribution in [2.45, 2.75) is 90.0 Å². The molecular formula is C37H43F4N3O2. The fourth-order valence-corrected chi connectivity index (χ4v) is 6.89. The van der Waals surface area contributed by atoms with Gasteiger partial charge in [0.15, 0.2) is 0 Å². The summed E-state index contributed by atoms with van der Waals surface area (Å²) >= 11 is 0. The first-order chi connectivity index (χ1) is 21.6. The molecule has 2 aliphatic rings. The van der Waals surface area contributed by atoms with Crippen molar-refractivity contribution >= 4 is 17.5 Å². The van der Waals surface area contributed by atoms with Crippen LogP contribution in [-0.4, -0.2) is 46.4 Å². The molecule has 2 saturated heterocycles. The van der Waals surface area contributed by atoms with E-state index in [2.05, 4.69) is 26.1 Å². The fourth-order valence-electron chi connectivity index (χ4n) is 6.89. The molecule has 1 N–H and O–H groups in total. The van der Waals surface area contributed by atoms with E-state index >= 15 is 4.39 Å². The number of rotatable bonds is 6. The molecule has 0 spiro atoms. The number of hydrogen-bond donors (Lipinski definition) is 1. The van der Waals surface area contributed by atoms with Gasteiger partial charge in [-0.1, -0.05) is 69.3 Å². The number of benzene rings is 3. The van der Waals surface area contributed by atoms with Crippen LogP contribution >= 0.6 is 0 Å². The minimum atomic E-state index is -4.34. The van der Waals surface area contributed by atoms with E-state index in [0.29, 0.717) is 54.7 Å². The second kappa shape index (κ2) is 12.8. The molecule has 3 aromatic rings. The van der Waals surface area contributed by atoms with Crippen LogP contribution < -0.4 is 5.32 Å². The summed E-state index contributed by atoms with van der Waals surface area (Å²) in [5.41, 5.74) is 1.57. The maximum Gasteiger partial charge on any atom is 0.406 e. The first-order valence-corrected chi connectivity index (χ1v) is 16.0. The molecule has 5 nitrogen and oxygen atoms in total. The Labute approximate surface area is 269 Å². The average Bonchev–Trinajstić information content (AvgIpc) is 3.38. The van der Waals surface area contributed by atoms with E-state index in [-0.39, 0.29) is 29.9 Å². The Hall–Kier alpha value is -3.72. The minimum Gasteiger partial charge on any atom is -0.331 e. The Balaban J connectivity index is 1.47. The van der Waals surface area contributed by atoms with Gasteiger partial charge in [0.25, 0.3) is 5.91 Å². The number of nitrogens with zero attached hydrogens (tertiary/aromatic N) is 2. The Morgan fingerprint density at radius 1 is 0.957 bits per heavy atom. The molecular weight excluding hydrogens is 594 g/mol. The summed E-state index contributed by atoms with van der Waals surface area (Å²) in [5.74, 6) is -2.00. The van der Waals surface area contributed by atoms with E-state index in [4.69, 9.17) is 0 Å². The average molecular weight is 638 g/mol. The summed E-state index contributed by atoms with van der Waals surface area (Å²) in [5, 5.41) is 3.06. The highest BCUT2D eigenvalue weighted by atomic mass is 19.4. The van der Waals surface area contributed by atoms with Gasteiger partial charge in [0.05, 0.1) is 17.5 Å². The van der Waals surface area contributed by atoms with Gasteiger partial charge < -0.3 is 10.2 Å². The Morgan fingerprint density at radius 3 is 2.30 bits per heavy atom. The van der Waals surface area contributed by atoms with Crippen LogP contribution in [0.15, 0.2) is 66.7 Å². The number of likely N-dealkylation sites (tertiary alicyclic amines) is 2. The topological polar surface area (TPSA) is 52.7 Å². The molecule has 3 atom stereocenters. The maximum absolute atomic E-state index is 15.0. The van der Waals surface area contributed by atoms with Crippen LogP contribution in [0.5, 0.6) is 0 Å². The number of aryl methyl sites for hydroxylation is 1. The molecule has 0 aromatic heterocycles. The molecule has 0 saturated carbocycles. The van der Waals surface area contributed by atoms with E-state index in [1.807, 2.05) is 24.3 Å². The number of amides is 2. The van der Waals surface area contributed by atoms with Crippen LogP contribution in [0.3, 0.4) is 0 Å². The smallest absolute Gasteiger partial charge is 0.331 e. The quantitative estimate of drug-likeness (QED) is 0.276. The highest BCUT2D eigenvalue weighted by molar-refractivity contribution is 5.98. The molecule has 2 heterocycles. The lowest BCUT2D eigenvalue weighted by atomic mass is 9.82. The molecule has 3 aromatic carbocycles. The normalized spacial score (nSPS) is 22.6. The van der Waals surface area contributed by atoms with E-state index in [1.165, 1.54) is 17.9 Å². The second-order valence-corrected chi connectivity index (χ2v) is 14.0. The van der Waals surface area contributed by atoms with E-state index in [1.54, 1.807) is 48.2 Å². The fraction of sp³-hybridized carbons (Fsp3) is 0.459. The summed E-state index contributed by atoms with van der Waals surface area (Å²) in [4.78, 5) is 31.0. The summed E-state index contributed by atoms with van der Waals surface area (Å²) in [6.07, 6.45) is -2.76. The number of hydrogen-bond acceptors (Lipinski definition) is 3. The number of carbonyl (C=O) groups excluding carboxylic acids is 2. The van der Waals surface area contributed by atoms with Gasteiger partial charge in [0.2, 0.25) is 5.91 Å². The summed E-state index contributed by atoms with van der Waals surface area (Å²) in [7, 11) is 0. The van der Waals surface area contributed by atoms with Gasteiger partial charge in [-0.25, -0.2) is 4.39 Å². The standard InChI is InChI=1S/C37H43F4N3O2/c1-24-10-6-14-30(38)31(24)34(46)44-21-8-13-29(33(45)42-28-12-7-11-27(22-28)35(2,3)4)32(44)26-17-15-25(16-18-26)23-43-20-9-19-36(43,5)37(39,40)41/h6-7,10-12,14-18,22,29,32H,8-9,13,19-21,23H2,1-5H3,(H,42,45). The lowest BCUT2D eigenvalue weighted by Gasteiger charge is -2.41. The molecule has 246 valence electrons.